The second-order valence-electron chi connectivity index (χ2n) is 2.11. The first-order chi connectivity index (χ1) is 5.75. The molecule has 62 valence electrons. The number of hydrogen-bond donors (Lipinski definition) is 0. The van der Waals surface area contributed by atoms with Gasteiger partial charge in [0.2, 0.25) is 0 Å². The molecule has 0 aliphatic heterocycles. The molecule has 0 N–H and O–H groups in total. The zero-order chi connectivity index (χ0) is 8.55. The highest BCUT2D eigenvalue weighted by atomic mass is 79.9. The normalized spacial score (nSPS) is 10.5. The maximum absolute atomic E-state index is 5.03. The van der Waals surface area contributed by atoms with Gasteiger partial charge in [0.15, 0.2) is 0 Å². The van der Waals surface area contributed by atoms with Gasteiger partial charge in [-0.15, -0.1) is 11.3 Å². The van der Waals surface area contributed by atoms with E-state index in [1.165, 1.54) is 0 Å². The van der Waals surface area contributed by atoms with Crippen LogP contribution in [0.5, 0.6) is 0 Å². The van der Waals surface area contributed by atoms with Gasteiger partial charge in [0.1, 0.15) is 12.0 Å². The van der Waals surface area contributed by atoms with E-state index in [0.717, 1.165) is 15.0 Å². The van der Waals surface area contributed by atoms with E-state index in [2.05, 4.69) is 36.8 Å². The van der Waals surface area contributed by atoms with Crippen LogP contribution in [0, 0.1) is 0 Å². The van der Waals surface area contributed by atoms with Crippen molar-refractivity contribution < 1.29 is 4.42 Å². The Bertz CT molecular complexity index is 357. The van der Waals surface area contributed by atoms with E-state index in [-0.39, 0.29) is 0 Å². The average Bonchev–Trinajstić information content (AvgIpc) is 2.58. The van der Waals surface area contributed by atoms with E-state index >= 15 is 0 Å². The lowest BCUT2D eigenvalue weighted by Crippen LogP contribution is -1.68. The minimum Gasteiger partial charge on any atom is -0.439 e. The first kappa shape index (κ1) is 8.47. The van der Waals surface area contributed by atoms with E-state index in [9.17, 15) is 0 Å². The molecule has 0 bridgehead atoms. The van der Waals surface area contributed by atoms with Gasteiger partial charge in [-0.2, -0.15) is 0 Å². The molecule has 2 aromatic heterocycles. The smallest absolute Gasteiger partial charge is 0.264 e. The monoisotopic (exact) mass is 307 g/mol. The SMILES string of the molecule is Brc1csc(-c2coc(Br)n2)c1. The van der Waals surface area contributed by atoms with Gasteiger partial charge in [0, 0.05) is 25.8 Å². The fraction of sp³-hybridized carbons (Fsp3) is 0. The highest BCUT2D eigenvalue weighted by Gasteiger charge is 2.05. The Morgan fingerprint density at radius 2 is 2.25 bits per heavy atom. The molecule has 12 heavy (non-hydrogen) atoms. The Morgan fingerprint density at radius 3 is 2.75 bits per heavy atom. The first-order valence-corrected chi connectivity index (χ1v) is 5.58. The zero-order valence-corrected chi connectivity index (χ0v) is 9.74. The Kier molecular flexibility index (Phi) is 2.34. The summed E-state index contributed by atoms with van der Waals surface area (Å²) in [4.78, 5) is 5.74. The van der Waals surface area contributed by atoms with Gasteiger partial charge in [-0.3, -0.25) is 0 Å². The van der Waals surface area contributed by atoms with Gasteiger partial charge >= 0.3 is 0 Å². The van der Waals surface area contributed by atoms with E-state index in [1.54, 1.807) is 17.6 Å². The molecule has 5 heteroatoms. The van der Waals surface area contributed by atoms with Gasteiger partial charge in [-0.1, -0.05) is 0 Å². The molecule has 0 aliphatic carbocycles. The quantitative estimate of drug-likeness (QED) is 0.798. The van der Waals surface area contributed by atoms with Crippen LogP contribution >= 0.6 is 43.2 Å². The highest BCUT2D eigenvalue weighted by molar-refractivity contribution is 9.10. The van der Waals surface area contributed by atoms with Gasteiger partial charge in [-0.05, 0) is 22.0 Å². The van der Waals surface area contributed by atoms with Crippen LogP contribution in [0.15, 0.2) is 31.4 Å². The van der Waals surface area contributed by atoms with Crippen LogP contribution in [0.25, 0.3) is 10.6 Å². The maximum Gasteiger partial charge on any atom is 0.264 e. The number of rotatable bonds is 1. The van der Waals surface area contributed by atoms with Crippen molar-refractivity contribution in [2.75, 3.05) is 0 Å². The van der Waals surface area contributed by atoms with Crippen molar-refractivity contribution in [3.63, 3.8) is 0 Å². The van der Waals surface area contributed by atoms with Gasteiger partial charge in [0.05, 0.1) is 4.88 Å². The Labute approximate surface area is 89.9 Å². The number of oxazole rings is 1. The van der Waals surface area contributed by atoms with Crippen molar-refractivity contribution in [3.05, 3.63) is 27.0 Å². The molecule has 0 fully saturated rings. The van der Waals surface area contributed by atoms with Crippen molar-refractivity contribution in [1.82, 2.24) is 4.98 Å². The van der Waals surface area contributed by atoms with Crippen LogP contribution in [-0.2, 0) is 0 Å². The molecule has 0 aromatic carbocycles. The van der Waals surface area contributed by atoms with Crippen molar-refractivity contribution in [2.45, 2.75) is 0 Å². The summed E-state index contributed by atoms with van der Waals surface area (Å²) < 4.78 is 6.10. The molecular formula is C7H3Br2NOS. The summed E-state index contributed by atoms with van der Waals surface area (Å²) in [6.45, 7) is 0. The van der Waals surface area contributed by atoms with Gasteiger partial charge < -0.3 is 4.42 Å². The molecule has 0 saturated heterocycles. The molecule has 0 spiro atoms. The van der Waals surface area contributed by atoms with Crippen LogP contribution in [0.1, 0.15) is 0 Å². The number of aromatic nitrogens is 1. The van der Waals surface area contributed by atoms with Crippen LogP contribution < -0.4 is 0 Å². The molecule has 0 atom stereocenters. The minimum atomic E-state index is 0.516. The van der Waals surface area contributed by atoms with E-state index in [1.807, 2.05) is 11.4 Å². The summed E-state index contributed by atoms with van der Waals surface area (Å²) in [5, 5.41) is 2.01. The number of nitrogens with zero attached hydrogens (tertiary/aromatic N) is 1. The molecule has 2 heterocycles. The third-order valence-electron chi connectivity index (χ3n) is 1.30. The fourth-order valence-electron chi connectivity index (χ4n) is 0.812. The van der Waals surface area contributed by atoms with E-state index < -0.39 is 0 Å². The van der Waals surface area contributed by atoms with Gasteiger partial charge in [0.25, 0.3) is 4.80 Å². The minimum absolute atomic E-state index is 0.516. The Hall–Kier alpha value is -0.130. The summed E-state index contributed by atoms with van der Waals surface area (Å²) in [6, 6.07) is 2.01. The molecular weight excluding hydrogens is 306 g/mol. The predicted molar refractivity (Wildman–Crippen MR) is 55.2 cm³/mol. The second kappa shape index (κ2) is 3.32. The predicted octanol–water partition coefficient (Wildman–Crippen LogP) is 3.93. The highest BCUT2D eigenvalue weighted by Crippen LogP contribution is 2.29. The zero-order valence-electron chi connectivity index (χ0n) is 5.75. The van der Waals surface area contributed by atoms with Crippen LogP contribution in [0.2, 0.25) is 0 Å². The standard InChI is InChI=1S/C7H3Br2NOS/c8-4-1-6(12-3-4)5-2-11-7(9)10-5/h1-3H. The van der Waals surface area contributed by atoms with Gasteiger partial charge in [-0.25, -0.2) is 4.98 Å². The summed E-state index contributed by atoms with van der Waals surface area (Å²) in [7, 11) is 0. The second-order valence-corrected chi connectivity index (χ2v) is 4.62. The van der Waals surface area contributed by atoms with Crippen LogP contribution in [0.3, 0.4) is 0 Å². The number of hydrogen-bond acceptors (Lipinski definition) is 3. The lowest BCUT2D eigenvalue weighted by molar-refractivity contribution is 0.529. The molecule has 0 radical (unpaired) electrons. The third-order valence-corrected chi connectivity index (χ3v) is 3.37. The fourth-order valence-corrected chi connectivity index (χ4v) is 2.47. The van der Waals surface area contributed by atoms with Crippen molar-refractivity contribution >= 4 is 43.2 Å². The molecule has 2 nitrogen and oxygen atoms in total. The van der Waals surface area contributed by atoms with Crippen LogP contribution in [-0.4, -0.2) is 4.98 Å². The average molecular weight is 309 g/mol. The van der Waals surface area contributed by atoms with E-state index in [4.69, 9.17) is 4.42 Å². The van der Waals surface area contributed by atoms with Crippen LogP contribution in [0.4, 0.5) is 0 Å². The first-order valence-electron chi connectivity index (χ1n) is 3.11. The van der Waals surface area contributed by atoms with Crippen molar-refractivity contribution in [1.29, 1.82) is 0 Å². The number of halogens is 2. The van der Waals surface area contributed by atoms with E-state index in [0.29, 0.717) is 4.80 Å². The summed E-state index contributed by atoms with van der Waals surface area (Å²) in [5.41, 5.74) is 0.859. The third kappa shape index (κ3) is 1.62. The molecule has 0 saturated carbocycles. The molecule has 0 amide bonds. The lowest BCUT2D eigenvalue weighted by atomic mass is 10.4. The maximum atomic E-state index is 5.03. The number of thiophene rings is 1. The molecule has 2 rings (SSSR count). The summed E-state index contributed by atoms with van der Waals surface area (Å²) in [5.74, 6) is 0. The van der Waals surface area contributed by atoms with Crippen molar-refractivity contribution in [3.8, 4) is 10.6 Å². The molecule has 0 unspecified atom stereocenters. The topological polar surface area (TPSA) is 26.0 Å². The largest absolute Gasteiger partial charge is 0.439 e. The summed E-state index contributed by atoms with van der Waals surface area (Å²) >= 11 is 8.15. The molecule has 2 aromatic rings. The Morgan fingerprint density at radius 1 is 1.42 bits per heavy atom. The Balaban J connectivity index is 2.43. The lowest BCUT2D eigenvalue weighted by Gasteiger charge is -1.82. The molecule has 0 aliphatic rings. The summed E-state index contributed by atoms with van der Waals surface area (Å²) in [6.07, 6.45) is 1.63. The van der Waals surface area contributed by atoms with Crippen molar-refractivity contribution in [2.24, 2.45) is 0 Å².